The Bertz CT molecular complexity index is 1390. The molecule has 0 radical (unpaired) electrons. The van der Waals surface area contributed by atoms with Gasteiger partial charge in [-0.05, 0) is 42.2 Å². The molecule has 0 aliphatic heterocycles. The van der Waals surface area contributed by atoms with E-state index in [4.69, 9.17) is 14.7 Å². The van der Waals surface area contributed by atoms with Gasteiger partial charge in [0.1, 0.15) is 12.2 Å². The molecule has 0 atom stereocenters. The predicted molar refractivity (Wildman–Crippen MR) is 144 cm³/mol. The molecular weight excluding hydrogens is 484 g/mol. The fraction of sp³-hybridized carbons (Fsp3) is 0.379. The van der Waals surface area contributed by atoms with Gasteiger partial charge in [-0.2, -0.15) is 5.26 Å². The van der Waals surface area contributed by atoms with Crippen molar-refractivity contribution >= 4 is 11.9 Å². The van der Waals surface area contributed by atoms with Crippen molar-refractivity contribution in [2.45, 2.75) is 33.1 Å². The minimum atomic E-state index is -0.476. The Labute approximate surface area is 222 Å². The molecule has 38 heavy (non-hydrogen) atoms. The largest absolute Gasteiger partial charge is 0.464 e. The first kappa shape index (κ1) is 28.4. The summed E-state index contributed by atoms with van der Waals surface area (Å²) in [5, 5.41) is 9.15. The van der Waals surface area contributed by atoms with Crippen molar-refractivity contribution in [3.05, 3.63) is 75.6 Å². The molecule has 0 N–H and O–H groups in total. The van der Waals surface area contributed by atoms with Crippen LogP contribution >= 0.6 is 0 Å². The minimum Gasteiger partial charge on any atom is -0.464 e. The molecule has 0 spiro atoms. The number of rotatable bonds is 9. The van der Waals surface area contributed by atoms with Crippen LogP contribution in [-0.4, -0.2) is 59.6 Å². The van der Waals surface area contributed by atoms with Crippen LogP contribution in [-0.2, 0) is 26.7 Å². The second kappa shape index (κ2) is 11.9. The summed E-state index contributed by atoms with van der Waals surface area (Å²) in [4.78, 5) is 40.3. The third-order valence-electron chi connectivity index (χ3n) is 6.19. The zero-order valence-corrected chi connectivity index (χ0v) is 22.8. The maximum atomic E-state index is 13.7. The average molecular weight is 519 g/mol. The number of hydrogen-bond acceptors (Lipinski definition) is 6. The Hall–Kier alpha value is -4.16. The molecule has 9 nitrogen and oxygen atoms in total. The molecule has 3 rings (SSSR count). The lowest BCUT2D eigenvalue weighted by Gasteiger charge is -2.20. The van der Waals surface area contributed by atoms with Crippen molar-refractivity contribution in [1.29, 1.82) is 5.26 Å². The van der Waals surface area contributed by atoms with Crippen LogP contribution in [0.5, 0.6) is 0 Å². The normalized spacial score (nSPS) is 11.2. The third kappa shape index (κ3) is 6.21. The minimum absolute atomic E-state index is 0.0215. The molecule has 2 aromatic carbocycles. The van der Waals surface area contributed by atoms with Crippen LogP contribution in [0.4, 0.5) is 0 Å². The summed E-state index contributed by atoms with van der Waals surface area (Å²) < 4.78 is 13.3. The first-order valence-electron chi connectivity index (χ1n) is 12.4. The van der Waals surface area contributed by atoms with Crippen LogP contribution < -0.4 is 5.56 Å². The zero-order chi connectivity index (χ0) is 28.0. The van der Waals surface area contributed by atoms with E-state index >= 15 is 0 Å². The highest BCUT2D eigenvalue weighted by Crippen LogP contribution is 2.28. The Kier molecular flexibility index (Phi) is 8.92. The summed E-state index contributed by atoms with van der Waals surface area (Å²) >= 11 is 0. The summed E-state index contributed by atoms with van der Waals surface area (Å²) in [7, 11) is 3.31. The van der Waals surface area contributed by atoms with Gasteiger partial charge in [0.25, 0.3) is 11.5 Å². The molecular formula is C29H34N4O5. The summed E-state index contributed by atoms with van der Waals surface area (Å²) in [6.45, 7) is 8.40. The van der Waals surface area contributed by atoms with Gasteiger partial charge < -0.3 is 14.4 Å². The molecule has 3 aromatic rings. The molecule has 1 amide bonds. The molecule has 0 aliphatic rings. The van der Waals surface area contributed by atoms with Crippen LogP contribution in [0.1, 0.15) is 49.2 Å². The van der Waals surface area contributed by atoms with Crippen molar-refractivity contribution in [2.24, 2.45) is 7.05 Å². The second-order valence-electron chi connectivity index (χ2n) is 9.93. The monoisotopic (exact) mass is 518 g/mol. The third-order valence-corrected chi connectivity index (χ3v) is 6.19. The lowest BCUT2D eigenvalue weighted by Crippen LogP contribution is -2.34. The van der Waals surface area contributed by atoms with Gasteiger partial charge in [0.05, 0.1) is 36.2 Å². The summed E-state index contributed by atoms with van der Waals surface area (Å²) in [5.74, 6) is -0.941. The first-order valence-corrected chi connectivity index (χ1v) is 12.4. The number of likely N-dealkylation sites (N-methyl/N-ethyl adjacent to an activating group) is 1. The van der Waals surface area contributed by atoms with E-state index in [2.05, 4.69) is 26.8 Å². The molecule has 9 heteroatoms. The molecule has 0 saturated heterocycles. The van der Waals surface area contributed by atoms with Crippen molar-refractivity contribution in [3.8, 4) is 23.0 Å². The van der Waals surface area contributed by atoms with E-state index in [9.17, 15) is 14.4 Å². The first-order chi connectivity index (χ1) is 18.0. The van der Waals surface area contributed by atoms with Crippen LogP contribution in [0.15, 0.2) is 53.3 Å². The number of amides is 1. The van der Waals surface area contributed by atoms with Crippen molar-refractivity contribution in [2.75, 3.05) is 33.4 Å². The van der Waals surface area contributed by atoms with E-state index in [1.165, 1.54) is 9.58 Å². The number of carbonyl (C=O) groups excluding carboxylic acids is 2. The highest BCUT2D eigenvalue weighted by atomic mass is 16.6. The number of benzene rings is 2. The SMILES string of the molecule is CCOC(=O)COCCN(C)C(=O)c1c(-c2ccc(C(C)(C)C)cc2)n(C)n(-c2ccc(C#N)cc2)c1=O. The number of ether oxygens (including phenoxy) is 2. The standard InChI is InChI=1S/C29H34N4O5/c1-7-38-24(34)19-37-17-16-31(5)27(35)25-26(21-10-12-22(13-11-21)29(2,3)4)32(6)33(28(25)36)23-14-8-20(18-30)9-15-23/h8-15H,7,16-17,19H2,1-6H3. The van der Waals surface area contributed by atoms with E-state index in [0.29, 0.717) is 16.9 Å². The molecule has 200 valence electrons. The Balaban J connectivity index is 2.02. The maximum absolute atomic E-state index is 13.7. The average Bonchev–Trinajstić information content (AvgIpc) is 3.15. The molecule has 0 saturated carbocycles. The smallest absolute Gasteiger partial charge is 0.332 e. The molecule has 0 bridgehead atoms. The van der Waals surface area contributed by atoms with Crippen molar-refractivity contribution < 1.29 is 19.1 Å². The maximum Gasteiger partial charge on any atom is 0.332 e. The summed E-state index contributed by atoms with van der Waals surface area (Å²) in [5.41, 5.74) is 2.81. The van der Waals surface area contributed by atoms with Gasteiger partial charge in [0, 0.05) is 26.2 Å². The quantitative estimate of drug-likeness (QED) is 0.316. The molecule has 1 heterocycles. The van der Waals surface area contributed by atoms with Crippen LogP contribution in [0.25, 0.3) is 16.9 Å². The number of hydrogen-bond donors (Lipinski definition) is 0. The Morgan fingerprint density at radius 2 is 1.68 bits per heavy atom. The van der Waals surface area contributed by atoms with Crippen LogP contribution in [0.3, 0.4) is 0 Å². The van der Waals surface area contributed by atoms with Crippen LogP contribution in [0, 0.1) is 11.3 Å². The van der Waals surface area contributed by atoms with Gasteiger partial charge in [-0.15, -0.1) is 0 Å². The summed E-state index contributed by atoms with van der Waals surface area (Å²) in [6, 6.07) is 16.5. The lowest BCUT2D eigenvalue weighted by molar-refractivity contribution is -0.148. The van der Waals surface area contributed by atoms with Gasteiger partial charge in [-0.1, -0.05) is 45.0 Å². The Morgan fingerprint density at radius 3 is 2.24 bits per heavy atom. The molecule has 1 aromatic heterocycles. The van der Waals surface area contributed by atoms with Gasteiger partial charge in [0.2, 0.25) is 0 Å². The van der Waals surface area contributed by atoms with Gasteiger partial charge in [0.15, 0.2) is 0 Å². The van der Waals surface area contributed by atoms with E-state index in [1.807, 2.05) is 24.3 Å². The van der Waals surface area contributed by atoms with Crippen molar-refractivity contribution in [3.63, 3.8) is 0 Å². The van der Waals surface area contributed by atoms with Crippen molar-refractivity contribution in [1.82, 2.24) is 14.3 Å². The number of aromatic nitrogens is 2. The fourth-order valence-corrected chi connectivity index (χ4v) is 4.08. The molecule has 0 unspecified atom stereocenters. The summed E-state index contributed by atoms with van der Waals surface area (Å²) in [6.07, 6.45) is 0. The highest BCUT2D eigenvalue weighted by molar-refractivity contribution is 6.00. The van der Waals surface area contributed by atoms with E-state index in [0.717, 1.165) is 11.1 Å². The predicted octanol–water partition coefficient (Wildman–Crippen LogP) is 3.66. The lowest BCUT2D eigenvalue weighted by atomic mass is 9.86. The molecule has 0 fully saturated rings. The van der Waals surface area contributed by atoms with Crippen LogP contribution in [0.2, 0.25) is 0 Å². The topological polar surface area (TPSA) is 107 Å². The van der Waals surface area contributed by atoms with E-state index < -0.39 is 17.4 Å². The van der Waals surface area contributed by atoms with Gasteiger partial charge in [-0.3, -0.25) is 14.3 Å². The fourth-order valence-electron chi connectivity index (χ4n) is 4.08. The number of carbonyl (C=O) groups is 2. The second-order valence-corrected chi connectivity index (χ2v) is 9.93. The Morgan fingerprint density at radius 1 is 1.05 bits per heavy atom. The number of nitrogens with zero attached hydrogens (tertiary/aromatic N) is 4. The highest BCUT2D eigenvalue weighted by Gasteiger charge is 2.28. The van der Waals surface area contributed by atoms with Gasteiger partial charge >= 0.3 is 5.97 Å². The zero-order valence-electron chi connectivity index (χ0n) is 22.8. The van der Waals surface area contributed by atoms with E-state index in [-0.39, 0.29) is 37.3 Å². The van der Waals surface area contributed by atoms with Gasteiger partial charge in [-0.25, -0.2) is 9.48 Å². The molecule has 0 aliphatic carbocycles. The number of esters is 1. The van der Waals surface area contributed by atoms with E-state index in [1.54, 1.807) is 50.0 Å². The number of nitriles is 1.